The summed E-state index contributed by atoms with van der Waals surface area (Å²) in [5.41, 5.74) is 5.81. The highest BCUT2D eigenvalue weighted by atomic mass is 16.5. The Morgan fingerprint density at radius 3 is 1.34 bits per heavy atom. The Bertz CT molecular complexity index is 2170. The Morgan fingerprint density at radius 1 is 0.581 bits per heavy atom. The average Bonchev–Trinajstić information content (AvgIpc) is 3.28. The van der Waals surface area contributed by atoms with Crippen LogP contribution in [-0.4, -0.2) is 104 Å². The van der Waals surface area contributed by atoms with E-state index in [2.05, 4.69) is 10.6 Å². The lowest BCUT2D eigenvalue weighted by Gasteiger charge is -2.36. The third-order valence-corrected chi connectivity index (χ3v) is 11.3. The molecule has 0 fully saturated rings. The van der Waals surface area contributed by atoms with E-state index >= 15 is 0 Å². The molecule has 6 rings (SSSR count). The molecule has 328 valence electrons. The highest BCUT2D eigenvalue weighted by Gasteiger charge is 2.39. The highest BCUT2D eigenvalue weighted by molar-refractivity contribution is 5.89. The second-order valence-electron chi connectivity index (χ2n) is 15.6. The molecular weight excluding hydrogens is 793 g/mol. The van der Waals surface area contributed by atoms with Crippen molar-refractivity contribution in [3.05, 3.63) is 143 Å². The zero-order chi connectivity index (χ0) is 44.8. The number of aryl methyl sites for hydroxylation is 2. The van der Waals surface area contributed by atoms with E-state index < -0.39 is 66.0 Å². The van der Waals surface area contributed by atoms with Crippen molar-refractivity contribution in [2.45, 2.75) is 109 Å². The van der Waals surface area contributed by atoms with Crippen LogP contribution < -0.4 is 10.6 Å². The van der Waals surface area contributed by atoms with Crippen molar-refractivity contribution in [2.24, 2.45) is 0 Å². The predicted molar refractivity (Wildman–Crippen MR) is 231 cm³/mol. The molecule has 2 aliphatic heterocycles. The Kier molecular flexibility index (Phi) is 16.9. The van der Waals surface area contributed by atoms with Crippen LogP contribution in [0.5, 0.6) is 0 Å². The fraction of sp³-hybridized carbons (Fsp3) is 0.375. The van der Waals surface area contributed by atoms with Crippen LogP contribution in [0.1, 0.15) is 67.0 Å². The van der Waals surface area contributed by atoms with Crippen LogP contribution in [0, 0.1) is 0 Å². The average molecular weight is 849 g/mol. The Morgan fingerprint density at radius 2 is 0.952 bits per heavy atom. The molecule has 6 atom stereocenters. The minimum absolute atomic E-state index is 0.194. The summed E-state index contributed by atoms with van der Waals surface area (Å²) >= 11 is 0. The molecule has 14 nitrogen and oxygen atoms in total. The maximum Gasteiger partial charge on any atom is 0.326 e. The minimum Gasteiger partial charge on any atom is -0.480 e. The first kappa shape index (κ1) is 46.7. The molecule has 0 radical (unpaired) electrons. The van der Waals surface area contributed by atoms with Gasteiger partial charge in [0.15, 0.2) is 0 Å². The first-order valence-corrected chi connectivity index (χ1v) is 21.0. The zero-order valence-electron chi connectivity index (χ0n) is 35.3. The van der Waals surface area contributed by atoms with Gasteiger partial charge in [-0.1, -0.05) is 109 Å². The lowest BCUT2D eigenvalue weighted by molar-refractivity contribution is -0.153. The van der Waals surface area contributed by atoms with E-state index in [1.54, 1.807) is 20.8 Å². The van der Waals surface area contributed by atoms with Gasteiger partial charge in [-0.05, 0) is 79.8 Å². The van der Waals surface area contributed by atoms with E-state index in [0.717, 1.165) is 33.4 Å². The normalized spacial score (nSPS) is 17.4. The summed E-state index contributed by atoms with van der Waals surface area (Å²) in [4.78, 5) is 77.0. The fourth-order valence-corrected chi connectivity index (χ4v) is 7.90. The van der Waals surface area contributed by atoms with E-state index in [0.29, 0.717) is 25.7 Å². The molecule has 4 aromatic carbocycles. The Balaban J connectivity index is 0.000000235. The molecule has 0 bridgehead atoms. The fourth-order valence-electron chi connectivity index (χ4n) is 7.90. The topological polar surface area (TPSA) is 203 Å². The number of hydrogen-bond donors (Lipinski definition) is 5. The summed E-state index contributed by atoms with van der Waals surface area (Å²) in [7, 11) is 0. The number of carboxylic acids is 3. The maximum absolute atomic E-state index is 13.3. The number of carbonyl (C=O) groups excluding carboxylic acids is 3. The van der Waals surface area contributed by atoms with E-state index in [9.17, 15) is 44.1 Å². The van der Waals surface area contributed by atoms with Crippen molar-refractivity contribution in [3.8, 4) is 0 Å². The molecule has 0 saturated heterocycles. The molecule has 2 amide bonds. The summed E-state index contributed by atoms with van der Waals surface area (Å²) in [5.74, 6) is -4.31. The van der Waals surface area contributed by atoms with Crippen molar-refractivity contribution in [2.75, 3.05) is 6.61 Å². The van der Waals surface area contributed by atoms with Gasteiger partial charge in [0, 0.05) is 25.9 Å². The van der Waals surface area contributed by atoms with Gasteiger partial charge in [0.1, 0.15) is 24.2 Å². The van der Waals surface area contributed by atoms with Gasteiger partial charge in [0.2, 0.25) is 11.8 Å². The molecule has 0 saturated carbocycles. The number of nitrogens with one attached hydrogen (secondary N) is 2. The summed E-state index contributed by atoms with van der Waals surface area (Å²) < 4.78 is 5.20. The molecule has 14 heteroatoms. The first-order valence-electron chi connectivity index (χ1n) is 21.0. The molecule has 0 unspecified atom stereocenters. The van der Waals surface area contributed by atoms with Crippen molar-refractivity contribution in [1.82, 2.24) is 20.4 Å². The number of fused-ring (bicyclic) bond motifs is 2. The Labute approximate surface area is 361 Å². The molecular formula is C48H56N4O10. The largest absolute Gasteiger partial charge is 0.480 e. The van der Waals surface area contributed by atoms with Crippen LogP contribution in [0.3, 0.4) is 0 Å². The van der Waals surface area contributed by atoms with Crippen LogP contribution in [-0.2, 0) is 72.3 Å². The van der Waals surface area contributed by atoms with Crippen molar-refractivity contribution < 1.29 is 48.8 Å². The number of hydrogen-bond acceptors (Lipinski definition) is 9. The third kappa shape index (κ3) is 12.6. The number of esters is 1. The zero-order valence-corrected chi connectivity index (χ0v) is 35.3. The van der Waals surface area contributed by atoms with Crippen molar-refractivity contribution in [3.63, 3.8) is 0 Å². The lowest BCUT2D eigenvalue weighted by atomic mass is 9.93. The Hall–Kier alpha value is -6.38. The third-order valence-electron chi connectivity index (χ3n) is 11.3. The number of amides is 2. The SMILES string of the molecule is CCOC(=O)[C@H](CCc1ccccc1)N[C@@H](C)C(=O)N1Cc2ccccc2C[C@H]1C(=O)O.C[C@H](N[C@@H](CCc1ccccc1)C(=O)O)C(=O)N1Cc2ccccc2C[C@H]1C(=O)O. The lowest BCUT2D eigenvalue weighted by Crippen LogP contribution is -2.56. The summed E-state index contributed by atoms with van der Waals surface area (Å²) in [5, 5.41) is 34.9. The molecule has 5 N–H and O–H groups in total. The molecule has 4 aromatic rings. The first-order chi connectivity index (χ1) is 29.8. The van der Waals surface area contributed by atoms with Crippen LogP contribution in [0.25, 0.3) is 0 Å². The second kappa shape index (κ2) is 22.5. The van der Waals surface area contributed by atoms with E-state index in [1.807, 2.05) is 109 Å². The van der Waals surface area contributed by atoms with Crippen LogP contribution in [0.15, 0.2) is 109 Å². The van der Waals surface area contributed by atoms with Gasteiger partial charge in [-0.25, -0.2) is 9.59 Å². The number of ether oxygens (including phenoxy) is 1. The molecule has 2 heterocycles. The van der Waals surface area contributed by atoms with Crippen LogP contribution >= 0.6 is 0 Å². The van der Waals surface area contributed by atoms with E-state index in [4.69, 9.17) is 4.74 Å². The smallest absolute Gasteiger partial charge is 0.326 e. The number of rotatable bonds is 17. The van der Waals surface area contributed by atoms with Gasteiger partial charge in [-0.15, -0.1) is 0 Å². The number of benzene rings is 4. The van der Waals surface area contributed by atoms with Crippen LogP contribution in [0.4, 0.5) is 0 Å². The molecule has 0 aliphatic carbocycles. The van der Waals surface area contributed by atoms with Gasteiger partial charge in [-0.3, -0.25) is 29.8 Å². The number of aliphatic carboxylic acids is 3. The maximum atomic E-state index is 13.3. The van der Waals surface area contributed by atoms with Crippen molar-refractivity contribution in [1.29, 1.82) is 0 Å². The van der Waals surface area contributed by atoms with Gasteiger partial charge < -0.3 is 29.9 Å². The molecule has 62 heavy (non-hydrogen) atoms. The van der Waals surface area contributed by atoms with Gasteiger partial charge in [0.05, 0.1) is 18.7 Å². The summed E-state index contributed by atoms with van der Waals surface area (Å²) in [6, 6.07) is 29.3. The monoisotopic (exact) mass is 848 g/mol. The van der Waals surface area contributed by atoms with Gasteiger partial charge in [0.25, 0.3) is 0 Å². The number of carboxylic acid groups (broad SMARTS) is 3. The minimum atomic E-state index is -1.07. The molecule has 0 spiro atoms. The van der Waals surface area contributed by atoms with Gasteiger partial charge in [-0.2, -0.15) is 0 Å². The summed E-state index contributed by atoms with van der Waals surface area (Å²) in [6.45, 7) is 5.65. The second-order valence-corrected chi connectivity index (χ2v) is 15.6. The predicted octanol–water partition coefficient (Wildman–Crippen LogP) is 4.66. The number of nitrogens with zero attached hydrogens (tertiary/aromatic N) is 2. The van der Waals surface area contributed by atoms with Gasteiger partial charge >= 0.3 is 23.9 Å². The summed E-state index contributed by atoms with van der Waals surface area (Å²) in [6.07, 6.45) is 2.49. The van der Waals surface area contributed by atoms with Crippen LogP contribution in [0.2, 0.25) is 0 Å². The quantitative estimate of drug-likeness (QED) is 0.0922. The van der Waals surface area contributed by atoms with Crippen molar-refractivity contribution >= 4 is 35.7 Å². The van der Waals surface area contributed by atoms with E-state index in [1.165, 1.54) is 9.80 Å². The number of carbonyl (C=O) groups is 6. The molecule has 2 aliphatic rings. The van der Waals surface area contributed by atoms with E-state index in [-0.39, 0.29) is 38.4 Å². The highest BCUT2D eigenvalue weighted by Crippen LogP contribution is 2.26. The standard InChI is InChI=1S/C25H30N2O5.C23H26N2O5/c1-3-32-25(31)21(14-13-18-9-5-4-6-10-18)26-17(2)23(28)27-16-20-12-8-7-11-19(20)15-22(27)24(29)30;1-15(24-19(22(27)28)12-11-16-7-3-2-4-8-16)21(26)25-14-18-10-6-5-9-17(18)13-20(25)23(29)30/h4-12,17,21-22,26H,3,13-16H2,1-2H3,(H,29,30);2-10,15,19-20,24H,11-14H2,1H3,(H,27,28)(H,29,30)/t17-,21-,22-;15-,19-,20-/m00/s1. The molecule has 0 aromatic heterocycles.